The van der Waals surface area contributed by atoms with E-state index in [4.69, 9.17) is 0 Å². The highest BCUT2D eigenvalue weighted by molar-refractivity contribution is 7.89. The molecule has 0 unspecified atom stereocenters. The van der Waals surface area contributed by atoms with Crippen LogP contribution in [0, 0.1) is 5.92 Å². The van der Waals surface area contributed by atoms with E-state index in [1.807, 2.05) is 0 Å². The van der Waals surface area contributed by atoms with Crippen molar-refractivity contribution in [3.63, 3.8) is 0 Å². The van der Waals surface area contributed by atoms with Gasteiger partial charge in [0.15, 0.2) is 0 Å². The highest BCUT2D eigenvalue weighted by Gasteiger charge is 2.34. The molecule has 2 fully saturated rings. The van der Waals surface area contributed by atoms with E-state index >= 15 is 0 Å². The van der Waals surface area contributed by atoms with E-state index in [2.05, 4.69) is 9.97 Å². The standard InChI is InChI=1S/C15H25N3O2S/c19-21(20,12-8-13-5-1-2-6-13)18-11-4-3-7-14(18)15-16-9-10-17-15/h9-10,13-14H,1-8,11-12H2,(H,16,17)/t14-/m0/s1. The molecule has 0 aromatic carbocycles. The van der Waals surface area contributed by atoms with Crippen LogP contribution in [0.1, 0.15) is 63.2 Å². The fourth-order valence-corrected chi connectivity index (χ4v) is 5.57. The molecule has 0 bridgehead atoms. The maximum atomic E-state index is 12.7. The van der Waals surface area contributed by atoms with Crippen molar-refractivity contribution in [3.8, 4) is 0 Å². The van der Waals surface area contributed by atoms with Gasteiger partial charge in [-0.1, -0.05) is 32.1 Å². The van der Waals surface area contributed by atoms with Gasteiger partial charge in [0.05, 0.1) is 11.8 Å². The van der Waals surface area contributed by atoms with Gasteiger partial charge < -0.3 is 4.98 Å². The molecular formula is C15H25N3O2S. The number of imidazole rings is 1. The van der Waals surface area contributed by atoms with Crippen LogP contribution in [0.2, 0.25) is 0 Å². The molecule has 2 aliphatic rings. The molecule has 21 heavy (non-hydrogen) atoms. The topological polar surface area (TPSA) is 66.1 Å². The molecule has 3 rings (SSSR count). The zero-order valence-corrected chi connectivity index (χ0v) is 13.3. The Morgan fingerprint density at radius 2 is 1.95 bits per heavy atom. The molecule has 118 valence electrons. The van der Waals surface area contributed by atoms with Crippen LogP contribution in [0.25, 0.3) is 0 Å². The molecular weight excluding hydrogens is 286 g/mol. The average molecular weight is 311 g/mol. The molecule has 1 N–H and O–H groups in total. The number of aromatic amines is 1. The lowest BCUT2D eigenvalue weighted by Gasteiger charge is -2.33. The fraction of sp³-hybridized carbons (Fsp3) is 0.800. The Kier molecular flexibility index (Phi) is 4.64. The molecule has 5 nitrogen and oxygen atoms in total. The number of nitrogens with one attached hydrogen (secondary N) is 1. The van der Waals surface area contributed by atoms with Gasteiger partial charge in [0.2, 0.25) is 10.0 Å². The molecule has 6 heteroatoms. The third kappa shape index (κ3) is 3.48. The van der Waals surface area contributed by atoms with Crippen molar-refractivity contribution < 1.29 is 8.42 Å². The van der Waals surface area contributed by atoms with Crippen molar-refractivity contribution in [2.75, 3.05) is 12.3 Å². The molecule has 1 aromatic heterocycles. The van der Waals surface area contributed by atoms with E-state index in [1.54, 1.807) is 16.7 Å². The predicted molar refractivity (Wildman–Crippen MR) is 82.2 cm³/mol. The zero-order chi connectivity index (χ0) is 14.7. The zero-order valence-electron chi connectivity index (χ0n) is 12.5. The van der Waals surface area contributed by atoms with E-state index in [0.717, 1.165) is 31.5 Å². The minimum Gasteiger partial charge on any atom is -0.347 e. The van der Waals surface area contributed by atoms with Gasteiger partial charge in [0.25, 0.3) is 0 Å². The number of hydrogen-bond donors (Lipinski definition) is 1. The van der Waals surface area contributed by atoms with Crippen LogP contribution >= 0.6 is 0 Å². The first-order valence-electron chi connectivity index (χ1n) is 8.15. The maximum Gasteiger partial charge on any atom is 0.214 e. The van der Waals surface area contributed by atoms with Crippen LogP contribution in [0.5, 0.6) is 0 Å². The molecule has 0 amide bonds. The van der Waals surface area contributed by atoms with E-state index < -0.39 is 10.0 Å². The number of aromatic nitrogens is 2. The van der Waals surface area contributed by atoms with E-state index in [1.165, 1.54) is 25.7 Å². The minimum absolute atomic E-state index is 0.0951. The number of piperidine rings is 1. The van der Waals surface area contributed by atoms with Crippen LogP contribution in [0.3, 0.4) is 0 Å². The van der Waals surface area contributed by atoms with Crippen LogP contribution < -0.4 is 0 Å². The summed E-state index contributed by atoms with van der Waals surface area (Å²) in [5.74, 6) is 1.71. The monoisotopic (exact) mass is 311 g/mol. The third-order valence-corrected chi connectivity index (χ3v) is 6.81. The highest BCUT2D eigenvalue weighted by Crippen LogP contribution is 2.33. The number of hydrogen-bond acceptors (Lipinski definition) is 3. The quantitative estimate of drug-likeness (QED) is 0.909. The molecule has 1 saturated heterocycles. The number of rotatable bonds is 5. The van der Waals surface area contributed by atoms with E-state index in [0.29, 0.717) is 18.2 Å². The Morgan fingerprint density at radius 1 is 1.19 bits per heavy atom. The number of nitrogens with zero attached hydrogens (tertiary/aromatic N) is 2. The summed E-state index contributed by atoms with van der Waals surface area (Å²) in [5.41, 5.74) is 0. The summed E-state index contributed by atoms with van der Waals surface area (Å²) in [5, 5.41) is 0. The first-order valence-corrected chi connectivity index (χ1v) is 9.76. The summed E-state index contributed by atoms with van der Waals surface area (Å²) in [6, 6.07) is -0.0951. The van der Waals surface area contributed by atoms with Crippen molar-refractivity contribution in [2.24, 2.45) is 5.92 Å². The summed E-state index contributed by atoms with van der Waals surface area (Å²) < 4.78 is 27.2. The van der Waals surface area contributed by atoms with E-state index in [9.17, 15) is 8.42 Å². The summed E-state index contributed by atoms with van der Waals surface area (Å²) in [6.45, 7) is 0.637. The van der Waals surface area contributed by atoms with Crippen LogP contribution in [0.15, 0.2) is 12.4 Å². The second-order valence-corrected chi connectivity index (χ2v) is 8.39. The molecule has 1 atom stereocenters. The van der Waals surface area contributed by atoms with Gasteiger partial charge in [-0.3, -0.25) is 0 Å². The summed E-state index contributed by atoms with van der Waals surface area (Å²) >= 11 is 0. The van der Waals surface area contributed by atoms with Crippen molar-refractivity contribution in [2.45, 2.75) is 57.4 Å². The molecule has 1 aromatic rings. The van der Waals surface area contributed by atoms with Crippen LogP contribution in [-0.2, 0) is 10.0 Å². The van der Waals surface area contributed by atoms with Gasteiger partial charge in [-0.25, -0.2) is 13.4 Å². The fourth-order valence-electron chi connectivity index (χ4n) is 3.70. The van der Waals surface area contributed by atoms with Crippen molar-refractivity contribution in [1.82, 2.24) is 14.3 Å². The van der Waals surface area contributed by atoms with Gasteiger partial charge in [-0.15, -0.1) is 0 Å². The molecule has 1 aliphatic heterocycles. The highest BCUT2D eigenvalue weighted by atomic mass is 32.2. The normalized spacial score (nSPS) is 25.4. The number of H-pyrrole nitrogens is 1. The first kappa shape index (κ1) is 15.0. The predicted octanol–water partition coefficient (Wildman–Crippen LogP) is 2.85. The lowest BCUT2D eigenvalue weighted by Crippen LogP contribution is -2.40. The maximum absolute atomic E-state index is 12.7. The molecule has 0 spiro atoms. The lowest BCUT2D eigenvalue weighted by atomic mass is 10.0. The SMILES string of the molecule is O=S(=O)(CCC1CCCC1)N1CCCC[C@H]1c1ncc[nH]1. The first-order chi connectivity index (χ1) is 10.2. The molecule has 0 radical (unpaired) electrons. The Labute approximate surface area is 127 Å². The van der Waals surface area contributed by atoms with Crippen LogP contribution in [-0.4, -0.2) is 35.0 Å². The Hall–Kier alpha value is -0.880. The third-order valence-electron chi connectivity index (χ3n) is 4.90. The Bertz CT molecular complexity index is 535. The van der Waals surface area contributed by atoms with Crippen molar-refractivity contribution in [3.05, 3.63) is 18.2 Å². The largest absolute Gasteiger partial charge is 0.347 e. The summed E-state index contributed by atoms with van der Waals surface area (Å²) in [6.07, 6.45) is 12.1. The Balaban J connectivity index is 1.69. The number of sulfonamides is 1. The van der Waals surface area contributed by atoms with Gasteiger partial charge in [-0.05, 0) is 25.2 Å². The molecule has 1 saturated carbocycles. The van der Waals surface area contributed by atoms with Crippen molar-refractivity contribution >= 4 is 10.0 Å². The van der Waals surface area contributed by atoms with Gasteiger partial charge >= 0.3 is 0 Å². The molecule has 2 heterocycles. The summed E-state index contributed by atoms with van der Waals surface area (Å²) in [7, 11) is -3.17. The Morgan fingerprint density at radius 3 is 2.67 bits per heavy atom. The summed E-state index contributed by atoms with van der Waals surface area (Å²) in [4.78, 5) is 7.37. The van der Waals surface area contributed by atoms with Crippen molar-refractivity contribution in [1.29, 1.82) is 0 Å². The van der Waals surface area contributed by atoms with E-state index in [-0.39, 0.29) is 6.04 Å². The second kappa shape index (κ2) is 6.48. The van der Waals surface area contributed by atoms with Crippen LogP contribution in [0.4, 0.5) is 0 Å². The van der Waals surface area contributed by atoms with Gasteiger partial charge in [-0.2, -0.15) is 4.31 Å². The minimum atomic E-state index is -3.17. The molecule has 1 aliphatic carbocycles. The van der Waals surface area contributed by atoms with Gasteiger partial charge in [0.1, 0.15) is 5.82 Å². The lowest BCUT2D eigenvalue weighted by molar-refractivity contribution is 0.247. The average Bonchev–Trinajstić information content (AvgIpc) is 3.19. The smallest absolute Gasteiger partial charge is 0.214 e. The van der Waals surface area contributed by atoms with Gasteiger partial charge in [0, 0.05) is 18.9 Å². The second-order valence-electron chi connectivity index (χ2n) is 6.35.